The van der Waals surface area contributed by atoms with Crippen molar-refractivity contribution in [1.29, 1.82) is 0 Å². The average Bonchev–Trinajstić information content (AvgIpc) is 2.21. The Hall–Kier alpha value is -1.03. The SMILES string of the molecule is CCCc1cccc(Br)c1NC(=O)OC(C)(C)C. The monoisotopic (exact) mass is 313 g/mol. The van der Waals surface area contributed by atoms with Gasteiger partial charge >= 0.3 is 6.09 Å². The van der Waals surface area contributed by atoms with Gasteiger partial charge in [-0.3, -0.25) is 5.32 Å². The highest BCUT2D eigenvalue weighted by atomic mass is 79.9. The van der Waals surface area contributed by atoms with E-state index in [-0.39, 0.29) is 0 Å². The van der Waals surface area contributed by atoms with E-state index in [1.807, 2.05) is 39.0 Å². The molecule has 0 aromatic heterocycles. The molecule has 0 unspecified atom stereocenters. The third-order valence-electron chi connectivity index (χ3n) is 2.25. The Bertz CT molecular complexity index is 424. The number of amides is 1. The van der Waals surface area contributed by atoms with Crippen molar-refractivity contribution in [3.05, 3.63) is 28.2 Å². The van der Waals surface area contributed by atoms with E-state index in [2.05, 4.69) is 28.2 Å². The van der Waals surface area contributed by atoms with Crippen molar-refractivity contribution in [2.24, 2.45) is 0 Å². The van der Waals surface area contributed by atoms with Crippen LogP contribution >= 0.6 is 15.9 Å². The summed E-state index contributed by atoms with van der Waals surface area (Å²) in [6.45, 7) is 7.65. The maximum atomic E-state index is 11.8. The van der Waals surface area contributed by atoms with Crippen LogP contribution in [0.15, 0.2) is 22.7 Å². The first-order chi connectivity index (χ1) is 8.33. The lowest BCUT2D eigenvalue weighted by Crippen LogP contribution is -2.27. The summed E-state index contributed by atoms with van der Waals surface area (Å²) in [5.41, 5.74) is 1.42. The van der Waals surface area contributed by atoms with Gasteiger partial charge in [0.05, 0.1) is 5.69 Å². The number of para-hydroxylation sites is 1. The zero-order chi connectivity index (χ0) is 13.8. The third-order valence-corrected chi connectivity index (χ3v) is 2.91. The molecule has 0 heterocycles. The van der Waals surface area contributed by atoms with Crippen LogP contribution in [-0.4, -0.2) is 11.7 Å². The zero-order valence-electron chi connectivity index (χ0n) is 11.3. The Balaban J connectivity index is 2.86. The highest BCUT2D eigenvalue weighted by molar-refractivity contribution is 9.10. The molecule has 0 aliphatic rings. The predicted octanol–water partition coefficient (Wildman–Crippen LogP) is 4.75. The van der Waals surface area contributed by atoms with E-state index in [0.717, 1.165) is 28.6 Å². The van der Waals surface area contributed by atoms with Crippen molar-refractivity contribution in [2.75, 3.05) is 5.32 Å². The Morgan fingerprint density at radius 1 is 1.39 bits per heavy atom. The van der Waals surface area contributed by atoms with Gasteiger partial charge in [-0.05, 0) is 54.8 Å². The summed E-state index contributed by atoms with van der Waals surface area (Å²) < 4.78 is 6.13. The summed E-state index contributed by atoms with van der Waals surface area (Å²) in [5.74, 6) is 0. The van der Waals surface area contributed by atoms with Crippen LogP contribution in [0.25, 0.3) is 0 Å². The first kappa shape index (κ1) is 15.0. The van der Waals surface area contributed by atoms with Crippen LogP contribution < -0.4 is 5.32 Å². The molecule has 0 aliphatic heterocycles. The second-order valence-electron chi connectivity index (χ2n) is 5.15. The van der Waals surface area contributed by atoms with Gasteiger partial charge in [-0.2, -0.15) is 0 Å². The lowest BCUT2D eigenvalue weighted by molar-refractivity contribution is 0.0635. The normalized spacial score (nSPS) is 11.2. The maximum absolute atomic E-state index is 11.8. The highest BCUT2D eigenvalue weighted by Crippen LogP contribution is 2.28. The number of nitrogens with one attached hydrogen (secondary N) is 1. The minimum atomic E-state index is -0.490. The average molecular weight is 314 g/mol. The topological polar surface area (TPSA) is 38.3 Å². The molecule has 0 bridgehead atoms. The smallest absolute Gasteiger partial charge is 0.412 e. The minimum absolute atomic E-state index is 0.424. The summed E-state index contributed by atoms with van der Waals surface area (Å²) in [5, 5.41) is 2.81. The van der Waals surface area contributed by atoms with Gasteiger partial charge in [0.2, 0.25) is 0 Å². The van der Waals surface area contributed by atoms with Crippen LogP contribution in [0.3, 0.4) is 0 Å². The fraction of sp³-hybridized carbons (Fsp3) is 0.500. The van der Waals surface area contributed by atoms with E-state index in [0.29, 0.717) is 0 Å². The van der Waals surface area contributed by atoms with Crippen LogP contribution in [0, 0.1) is 0 Å². The van der Waals surface area contributed by atoms with Crippen LogP contribution in [0.1, 0.15) is 39.7 Å². The van der Waals surface area contributed by atoms with Gasteiger partial charge in [-0.25, -0.2) is 4.79 Å². The Labute approximate surface area is 117 Å². The van der Waals surface area contributed by atoms with Crippen molar-refractivity contribution in [2.45, 2.75) is 46.1 Å². The fourth-order valence-corrected chi connectivity index (χ4v) is 2.10. The number of benzene rings is 1. The molecule has 0 saturated carbocycles. The summed E-state index contributed by atoms with van der Waals surface area (Å²) in [6.07, 6.45) is 1.52. The molecule has 1 aromatic carbocycles. The first-order valence-corrected chi connectivity index (χ1v) is 6.90. The molecule has 0 saturated heterocycles. The fourth-order valence-electron chi connectivity index (χ4n) is 1.59. The van der Waals surface area contributed by atoms with Crippen LogP contribution in [0.5, 0.6) is 0 Å². The highest BCUT2D eigenvalue weighted by Gasteiger charge is 2.18. The molecule has 0 atom stereocenters. The predicted molar refractivity (Wildman–Crippen MR) is 78.0 cm³/mol. The van der Waals surface area contributed by atoms with Crippen molar-refractivity contribution >= 4 is 27.7 Å². The lowest BCUT2D eigenvalue weighted by atomic mass is 10.1. The summed E-state index contributed by atoms with van der Waals surface area (Å²) >= 11 is 3.45. The number of rotatable bonds is 3. The molecule has 1 aromatic rings. The number of carbonyl (C=O) groups is 1. The number of anilines is 1. The van der Waals surface area contributed by atoms with Gasteiger partial charge in [0.1, 0.15) is 5.60 Å². The van der Waals surface area contributed by atoms with E-state index >= 15 is 0 Å². The molecule has 4 heteroatoms. The third kappa shape index (κ3) is 4.69. The number of hydrogen-bond acceptors (Lipinski definition) is 2. The summed E-state index contributed by atoms with van der Waals surface area (Å²) in [4.78, 5) is 11.8. The molecular formula is C14H20BrNO2. The van der Waals surface area contributed by atoms with Gasteiger partial charge in [-0.1, -0.05) is 25.5 Å². The van der Waals surface area contributed by atoms with Crippen LogP contribution in [0.2, 0.25) is 0 Å². The van der Waals surface area contributed by atoms with E-state index in [1.165, 1.54) is 0 Å². The lowest BCUT2D eigenvalue weighted by Gasteiger charge is -2.21. The molecule has 1 amide bonds. The second-order valence-corrected chi connectivity index (χ2v) is 6.01. The molecule has 0 aliphatic carbocycles. The zero-order valence-corrected chi connectivity index (χ0v) is 12.9. The Morgan fingerprint density at radius 3 is 2.61 bits per heavy atom. The first-order valence-electron chi connectivity index (χ1n) is 6.11. The van der Waals surface area contributed by atoms with Crippen molar-refractivity contribution < 1.29 is 9.53 Å². The van der Waals surface area contributed by atoms with Gasteiger partial charge in [0, 0.05) is 4.47 Å². The van der Waals surface area contributed by atoms with Crippen molar-refractivity contribution in [3.63, 3.8) is 0 Å². The molecule has 1 rings (SSSR count). The number of hydrogen-bond donors (Lipinski definition) is 1. The van der Waals surface area contributed by atoms with Gasteiger partial charge in [0.25, 0.3) is 0 Å². The van der Waals surface area contributed by atoms with E-state index in [4.69, 9.17) is 4.74 Å². The second kappa shape index (κ2) is 6.23. The molecule has 1 N–H and O–H groups in total. The van der Waals surface area contributed by atoms with Gasteiger partial charge in [0.15, 0.2) is 0 Å². The van der Waals surface area contributed by atoms with Crippen molar-refractivity contribution in [1.82, 2.24) is 0 Å². The largest absolute Gasteiger partial charge is 0.444 e. The molecule has 0 radical (unpaired) electrons. The molecule has 3 nitrogen and oxygen atoms in total. The van der Waals surface area contributed by atoms with E-state index < -0.39 is 11.7 Å². The number of aryl methyl sites for hydroxylation is 1. The summed E-state index contributed by atoms with van der Waals surface area (Å²) in [7, 11) is 0. The van der Waals surface area contributed by atoms with Crippen molar-refractivity contribution in [3.8, 4) is 0 Å². The van der Waals surface area contributed by atoms with E-state index in [1.54, 1.807) is 0 Å². The molecule has 0 spiro atoms. The minimum Gasteiger partial charge on any atom is -0.444 e. The standard InChI is InChI=1S/C14H20BrNO2/c1-5-7-10-8-6-9-11(15)12(10)16-13(17)18-14(2,3)4/h6,8-9H,5,7H2,1-4H3,(H,16,17). The quantitative estimate of drug-likeness (QED) is 0.874. The number of ether oxygens (including phenoxy) is 1. The molecule has 0 fully saturated rings. The maximum Gasteiger partial charge on any atom is 0.412 e. The molecule has 18 heavy (non-hydrogen) atoms. The Kier molecular flexibility index (Phi) is 5.20. The van der Waals surface area contributed by atoms with Crippen LogP contribution in [0.4, 0.5) is 10.5 Å². The summed E-state index contributed by atoms with van der Waals surface area (Å²) in [6, 6.07) is 5.89. The number of halogens is 1. The van der Waals surface area contributed by atoms with Gasteiger partial charge in [-0.15, -0.1) is 0 Å². The number of carbonyl (C=O) groups excluding carboxylic acids is 1. The van der Waals surface area contributed by atoms with E-state index in [9.17, 15) is 4.79 Å². The molecular weight excluding hydrogens is 294 g/mol. The van der Waals surface area contributed by atoms with Crippen LogP contribution in [-0.2, 0) is 11.2 Å². The Morgan fingerprint density at radius 2 is 2.06 bits per heavy atom. The molecule has 100 valence electrons. The van der Waals surface area contributed by atoms with Gasteiger partial charge < -0.3 is 4.74 Å².